The number of alkyl halides is 1. The largest absolute Gasteiger partial charge is 0.510 e. The van der Waals surface area contributed by atoms with Crippen molar-refractivity contribution in [1.82, 2.24) is 24.6 Å². The van der Waals surface area contributed by atoms with Gasteiger partial charge in [-0.25, -0.2) is 23.8 Å². The summed E-state index contributed by atoms with van der Waals surface area (Å²) in [6, 6.07) is -1.22. The highest BCUT2D eigenvalue weighted by Gasteiger charge is 2.56. The van der Waals surface area contributed by atoms with Gasteiger partial charge in [-0.15, -0.1) is 0 Å². The van der Waals surface area contributed by atoms with Crippen molar-refractivity contribution in [2.45, 2.75) is 84.1 Å². The van der Waals surface area contributed by atoms with Gasteiger partial charge in [-0.1, -0.05) is 0 Å². The van der Waals surface area contributed by atoms with Crippen LogP contribution in [0.3, 0.4) is 0 Å². The maximum Gasteiger partial charge on any atom is 0.510 e. The molecule has 2 aromatic rings. The summed E-state index contributed by atoms with van der Waals surface area (Å²) in [6.45, 7) is 7.75. The lowest BCUT2D eigenvalue weighted by Crippen LogP contribution is -2.41. The van der Waals surface area contributed by atoms with E-state index in [4.69, 9.17) is 33.7 Å². The lowest BCUT2D eigenvalue weighted by molar-refractivity contribution is -0.149. The number of aromatic nitrogens is 4. The third kappa shape index (κ3) is 7.62. The molecular formula is C23H36FN6O11P. The molecule has 3 unspecified atom stereocenters. The summed E-state index contributed by atoms with van der Waals surface area (Å²) in [7, 11) is -3.18. The van der Waals surface area contributed by atoms with E-state index in [0.717, 1.165) is 6.92 Å². The van der Waals surface area contributed by atoms with Crippen molar-refractivity contribution in [3.63, 3.8) is 0 Å². The fourth-order valence-electron chi connectivity index (χ4n) is 3.97. The second-order valence-corrected chi connectivity index (χ2v) is 11.4. The zero-order valence-corrected chi connectivity index (χ0v) is 25.1. The molecule has 1 aliphatic rings. The maximum absolute atomic E-state index is 15.9. The lowest BCUT2D eigenvalue weighted by atomic mass is 9.98. The number of nitrogens with zero attached hydrogens (tertiary/aromatic N) is 4. The van der Waals surface area contributed by atoms with Crippen LogP contribution in [-0.4, -0.2) is 93.4 Å². The topological polar surface area (TPSA) is 218 Å². The molecule has 4 N–H and O–H groups in total. The number of nitrogens with one attached hydrogen (secondary N) is 1. The maximum atomic E-state index is 15.9. The van der Waals surface area contributed by atoms with Gasteiger partial charge in [0.05, 0.1) is 32.8 Å². The predicted octanol–water partition coefficient (Wildman–Crippen LogP) is 1.99. The molecule has 0 amide bonds. The molecule has 1 saturated heterocycles. The van der Waals surface area contributed by atoms with Gasteiger partial charge in [0.15, 0.2) is 23.1 Å². The fraction of sp³-hybridized carbons (Fsp3) is 0.696. The van der Waals surface area contributed by atoms with E-state index in [1.54, 1.807) is 20.8 Å². The van der Waals surface area contributed by atoms with Crippen LogP contribution in [0.5, 0.6) is 5.88 Å². The summed E-state index contributed by atoms with van der Waals surface area (Å²) in [5.74, 6) is -0.911. The van der Waals surface area contributed by atoms with Crippen molar-refractivity contribution in [3.8, 4) is 5.88 Å². The summed E-state index contributed by atoms with van der Waals surface area (Å²) in [5, 5.41) is 13.2. The van der Waals surface area contributed by atoms with Crippen molar-refractivity contribution < 1.29 is 56.4 Å². The minimum absolute atomic E-state index is 0.00766. The molecule has 2 aromatic heterocycles. The minimum Gasteiger partial charge on any atom is -0.479 e. The number of aliphatic hydroxyl groups is 1. The van der Waals surface area contributed by atoms with Crippen LogP contribution in [0, 0.1) is 0 Å². The first-order valence-corrected chi connectivity index (χ1v) is 14.5. The van der Waals surface area contributed by atoms with E-state index in [1.807, 2.05) is 0 Å². The number of nitrogen functional groups attached to an aromatic ring is 1. The molecule has 42 heavy (non-hydrogen) atoms. The third-order valence-electron chi connectivity index (χ3n) is 5.85. The number of fused-ring (bicyclic) bond motifs is 1. The molecule has 1 fully saturated rings. The number of carbonyl (C=O) groups excluding carboxylic acids is 2. The summed E-state index contributed by atoms with van der Waals surface area (Å²) in [6.07, 6.45) is -6.58. The molecule has 7 atom stereocenters. The number of halogens is 1. The number of carbonyl (C=O) groups is 2. The van der Waals surface area contributed by atoms with Gasteiger partial charge >= 0.3 is 19.9 Å². The molecule has 0 saturated carbocycles. The van der Waals surface area contributed by atoms with Gasteiger partial charge in [0.1, 0.15) is 18.2 Å². The molecule has 0 aromatic carbocycles. The number of esters is 1. The van der Waals surface area contributed by atoms with Crippen LogP contribution in [0.2, 0.25) is 0 Å². The number of methoxy groups -OCH3 is 1. The standard InChI is InChI=1S/C23H36FN6O11P/c1-8-36-22(33)39-13(5)41-42(34,29-12(4)19(32)38-11(2)3)37-9-14-16(31)23(6,24)20(40-14)30-10-26-15-17(30)27-21(25)28-18(15)35-7/h10-14,16,20,31H,8-9H2,1-7H3,(H,29,34)(H2,25,27,28)/t12-,13?,14?,16+,20+,23+,42?/m0/s1. The summed E-state index contributed by atoms with van der Waals surface area (Å²) >= 11 is 0. The molecule has 19 heteroatoms. The van der Waals surface area contributed by atoms with E-state index in [1.165, 1.54) is 31.9 Å². The van der Waals surface area contributed by atoms with Gasteiger partial charge < -0.3 is 34.5 Å². The molecule has 236 valence electrons. The summed E-state index contributed by atoms with van der Waals surface area (Å²) < 4.78 is 67.2. The van der Waals surface area contributed by atoms with E-state index in [0.29, 0.717) is 0 Å². The fourth-order valence-corrected chi connectivity index (χ4v) is 5.52. The Morgan fingerprint density at radius 1 is 1.29 bits per heavy atom. The zero-order chi connectivity index (χ0) is 31.4. The van der Waals surface area contributed by atoms with Gasteiger partial charge in [0, 0.05) is 0 Å². The van der Waals surface area contributed by atoms with Gasteiger partial charge in [0.25, 0.3) is 0 Å². The Hall–Kier alpha value is -3.15. The number of rotatable bonds is 13. The van der Waals surface area contributed by atoms with Crippen LogP contribution in [0.15, 0.2) is 6.33 Å². The Labute approximate surface area is 240 Å². The average Bonchev–Trinajstić information content (AvgIpc) is 3.39. The highest BCUT2D eigenvalue weighted by atomic mass is 31.2. The number of aliphatic hydroxyl groups excluding tert-OH is 1. The van der Waals surface area contributed by atoms with E-state index >= 15 is 4.39 Å². The number of hydrogen-bond acceptors (Lipinski definition) is 15. The Bertz CT molecular complexity index is 1310. The first kappa shape index (κ1) is 33.4. The quantitative estimate of drug-likeness (QED) is 0.165. The van der Waals surface area contributed by atoms with Gasteiger partial charge in [-0.05, 0) is 41.5 Å². The Morgan fingerprint density at radius 2 is 1.98 bits per heavy atom. The van der Waals surface area contributed by atoms with Crippen LogP contribution in [0.1, 0.15) is 47.8 Å². The van der Waals surface area contributed by atoms with E-state index in [2.05, 4.69) is 24.8 Å². The van der Waals surface area contributed by atoms with E-state index < -0.39 is 69.0 Å². The van der Waals surface area contributed by atoms with Crippen molar-refractivity contribution >= 4 is 37.0 Å². The second-order valence-electron chi connectivity index (χ2n) is 9.64. The number of imidazole rings is 1. The van der Waals surface area contributed by atoms with E-state index in [-0.39, 0.29) is 29.6 Å². The molecule has 0 aliphatic carbocycles. The normalized spacial score (nSPS) is 25.1. The highest BCUT2D eigenvalue weighted by Crippen LogP contribution is 2.49. The first-order valence-electron chi connectivity index (χ1n) is 12.9. The van der Waals surface area contributed by atoms with Gasteiger partial charge in [0.2, 0.25) is 18.1 Å². The molecule has 0 radical (unpaired) electrons. The number of nitrogens with two attached hydrogens (primary N) is 1. The molecule has 0 bridgehead atoms. The van der Waals surface area contributed by atoms with Crippen LogP contribution in [0.4, 0.5) is 15.1 Å². The van der Waals surface area contributed by atoms with Gasteiger partial charge in [-0.2, -0.15) is 9.97 Å². The third-order valence-corrected chi connectivity index (χ3v) is 7.61. The van der Waals surface area contributed by atoms with Crippen molar-refractivity contribution in [2.24, 2.45) is 0 Å². The van der Waals surface area contributed by atoms with Crippen molar-refractivity contribution in [1.29, 1.82) is 0 Å². The van der Waals surface area contributed by atoms with Crippen LogP contribution < -0.4 is 15.6 Å². The number of hydrogen-bond donors (Lipinski definition) is 3. The second kappa shape index (κ2) is 13.4. The van der Waals surface area contributed by atoms with Crippen molar-refractivity contribution in [3.05, 3.63) is 6.33 Å². The molecule has 1 aliphatic heterocycles. The molecule has 0 spiro atoms. The van der Waals surface area contributed by atoms with Crippen molar-refractivity contribution in [2.75, 3.05) is 26.1 Å². The Morgan fingerprint density at radius 3 is 2.60 bits per heavy atom. The zero-order valence-electron chi connectivity index (χ0n) is 24.2. The Balaban J connectivity index is 1.82. The van der Waals surface area contributed by atoms with Crippen LogP contribution in [0.25, 0.3) is 11.2 Å². The average molecular weight is 623 g/mol. The number of ether oxygens (including phenoxy) is 5. The van der Waals surface area contributed by atoms with Gasteiger partial charge in [-0.3, -0.25) is 18.4 Å². The molecular weight excluding hydrogens is 586 g/mol. The smallest absolute Gasteiger partial charge is 0.479 e. The predicted molar refractivity (Wildman–Crippen MR) is 142 cm³/mol. The SMILES string of the molecule is CCOC(=O)OC(C)OP(=O)(N[C@@H](C)C(=O)OC(C)C)OCC1O[C@@H](n2cnc3c(OC)nc(N)nc32)[C@](C)(F)[C@@H]1O. The summed E-state index contributed by atoms with van der Waals surface area (Å²) in [4.78, 5) is 36.2. The molecule has 3 rings (SSSR count). The summed E-state index contributed by atoms with van der Waals surface area (Å²) in [5.41, 5.74) is 3.54. The van der Waals surface area contributed by atoms with E-state index in [9.17, 15) is 19.3 Å². The highest BCUT2D eigenvalue weighted by molar-refractivity contribution is 7.51. The first-order chi connectivity index (χ1) is 19.6. The van der Waals surface area contributed by atoms with Crippen LogP contribution >= 0.6 is 7.75 Å². The Kier molecular flexibility index (Phi) is 10.7. The monoisotopic (exact) mass is 622 g/mol. The lowest BCUT2D eigenvalue weighted by Gasteiger charge is -2.26. The minimum atomic E-state index is -4.53. The molecule has 17 nitrogen and oxygen atoms in total. The van der Waals surface area contributed by atoms with Crippen LogP contribution in [-0.2, 0) is 37.4 Å². The molecule has 3 heterocycles. The number of anilines is 1.